The number of hydrogen-bond donors (Lipinski definition) is 2. The zero-order valence-electron chi connectivity index (χ0n) is 21.2. The fourth-order valence-corrected chi connectivity index (χ4v) is 7.12. The molecule has 0 unspecified atom stereocenters. The van der Waals surface area contributed by atoms with Gasteiger partial charge in [0.25, 0.3) is 10.0 Å². The van der Waals surface area contributed by atoms with Crippen molar-refractivity contribution in [3.05, 3.63) is 100 Å². The number of nitrogens with two attached hydrogens (primary N) is 1. The van der Waals surface area contributed by atoms with Gasteiger partial charge in [-0.2, -0.15) is 5.10 Å². The van der Waals surface area contributed by atoms with Gasteiger partial charge in [-0.15, -0.1) is 0 Å². The van der Waals surface area contributed by atoms with E-state index in [0.717, 1.165) is 16.8 Å². The molecule has 5 rings (SSSR count). The van der Waals surface area contributed by atoms with E-state index in [9.17, 15) is 16.8 Å². The van der Waals surface area contributed by atoms with Crippen molar-refractivity contribution in [1.29, 1.82) is 0 Å². The van der Waals surface area contributed by atoms with Crippen LogP contribution in [0.1, 0.15) is 36.3 Å². The van der Waals surface area contributed by atoms with Crippen molar-refractivity contribution in [3.8, 4) is 0 Å². The van der Waals surface area contributed by atoms with Crippen LogP contribution < -0.4 is 9.86 Å². The van der Waals surface area contributed by atoms with Crippen LogP contribution in [0.2, 0.25) is 10.0 Å². The highest BCUT2D eigenvalue weighted by molar-refractivity contribution is 7.90. The van der Waals surface area contributed by atoms with E-state index in [-0.39, 0.29) is 23.2 Å². The Bertz CT molecular complexity index is 1650. The Balaban J connectivity index is 1.55. The van der Waals surface area contributed by atoms with E-state index in [1.54, 1.807) is 12.1 Å². The molecule has 0 radical (unpaired) electrons. The van der Waals surface area contributed by atoms with Gasteiger partial charge in [0.15, 0.2) is 0 Å². The van der Waals surface area contributed by atoms with Crippen molar-refractivity contribution in [3.63, 3.8) is 0 Å². The van der Waals surface area contributed by atoms with Gasteiger partial charge in [0.05, 0.1) is 28.4 Å². The number of rotatable bonds is 6. The molecule has 13 heteroatoms. The Morgan fingerprint density at radius 2 is 1.52 bits per heavy atom. The number of guanidine groups is 1. The number of hydrazone groups is 1. The molecule has 1 aliphatic carbocycles. The Kier molecular flexibility index (Phi) is 8.21. The summed E-state index contributed by atoms with van der Waals surface area (Å²) < 4.78 is 53.3. The molecule has 1 heterocycles. The number of aliphatic imine (C=N–C) groups is 1. The van der Waals surface area contributed by atoms with Crippen LogP contribution in [0.15, 0.2) is 93.9 Å². The van der Waals surface area contributed by atoms with Gasteiger partial charge >= 0.3 is 0 Å². The summed E-state index contributed by atoms with van der Waals surface area (Å²) in [4.78, 5) is 4.70. The Hall–Kier alpha value is -2.96. The lowest BCUT2D eigenvalue weighted by Gasteiger charge is -2.21. The number of primary sulfonamides is 1. The largest absolute Gasteiger partial charge is 0.264 e. The second kappa shape index (κ2) is 11.5. The average molecular weight is 621 g/mol. The van der Waals surface area contributed by atoms with Crippen LogP contribution in [-0.2, 0) is 20.0 Å². The number of benzene rings is 3. The molecule has 210 valence electrons. The maximum absolute atomic E-state index is 13.4. The number of halogens is 2. The first-order valence-corrected chi connectivity index (χ1v) is 16.4. The predicted octanol–water partition coefficient (Wildman–Crippen LogP) is 4.34. The van der Waals surface area contributed by atoms with Gasteiger partial charge in [0.2, 0.25) is 16.0 Å². The summed E-state index contributed by atoms with van der Waals surface area (Å²) >= 11 is 12.1. The van der Waals surface area contributed by atoms with Gasteiger partial charge < -0.3 is 0 Å². The molecular weight excluding hydrogens is 593 g/mol. The van der Waals surface area contributed by atoms with E-state index in [1.165, 1.54) is 29.3 Å². The minimum Gasteiger partial charge on any atom is -0.248 e. The first-order valence-electron chi connectivity index (χ1n) is 12.5. The third kappa shape index (κ3) is 6.50. The van der Waals surface area contributed by atoms with Crippen LogP contribution in [0.5, 0.6) is 0 Å². The summed E-state index contributed by atoms with van der Waals surface area (Å²) in [5.41, 5.74) is 2.54. The standard InChI is InChI=1S/C27H27Cl2N5O4S2/c28-20-8-6-19(7-9-20)26-25(18-4-2-1-3-5-18)17-34(32-26)27(31-22-12-15-24(16-22)39(30,35)36)33-40(37,38)23-13-10-21(29)11-14-23/h1-11,13-14,22,24-25H,12,15-17H2,(H,31,33)(H2,30,35,36)/t22-,24-,25-/m0/s1. The monoisotopic (exact) mass is 619 g/mol. The van der Waals surface area contributed by atoms with E-state index >= 15 is 0 Å². The Morgan fingerprint density at radius 1 is 0.900 bits per heavy atom. The zero-order valence-corrected chi connectivity index (χ0v) is 24.3. The van der Waals surface area contributed by atoms with Crippen molar-refractivity contribution in [1.82, 2.24) is 9.73 Å². The van der Waals surface area contributed by atoms with Gasteiger partial charge in [0, 0.05) is 16.0 Å². The highest BCUT2D eigenvalue weighted by atomic mass is 35.5. The molecule has 3 atom stereocenters. The van der Waals surface area contributed by atoms with Crippen molar-refractivity contribution in [2.24, 2.45) is 15.2 Å². The molecule has 40 heavy (non-hydrogen) atoms. The zero-order chi connectivity index (χ0) is 28.5. The third-order valence-electron chi connectivity index (χ3n) is 6.98. The lowest BCUT2D eigenvalue weighted by molar-refractivity contribution is 0.456. The molecular formula is C27H27Cl2N5O4S2. The lowest BCUT2D eigenvalue weighted by Crippen LogP contribution is -2.42. The summed E-state index contributed by atoms with van der Waals surface area (Å²) in [6, 6.07) is 22.3. The number of sulfonamides is 2. The first-order chi connectivity index (χ1) is 19.0. The van der Waals surface area contributed by atoms with E-state index in [0.29, 0.717) is 29.4 Å². The summed E-state index contributed by atoms with van der Waals surface area (Å²) in [5.74, 6) is -0.201. The van der Waals surface area contributed by atoms with Gasteiger partial charge in [0.1, 0.15) is 0 Å². The molecule has 0 saturated heterocycles. The van der Waals surface area contributed by atoms with Gasteiger partial charge in [-0.1, -0.05) is 65.7 Å². The smallest absolute Gasteiger partial charge is 0.248 e. The van der Waals surface area contributed by atoms with Crippen molar-refractivity contribution < 1.29 is 16.8 Å². The maximum Gasteiger partial charge on any atom is 0.264 e. The predicted molar refractivity (Wildman–Crippen MR) is 158 cm³/mol. The molecule has 0 aromatic heterocycles. The second-order valence-electron chi connectivity index (χ2n) is 9.73. The highest BCUT2D eigenvalue weighted by Gasteiger charge is 2.36. The quantitative estimate of drug-likeness (QED) is 0.313. The van der Waals surface area contributed by atoms with Crippen molar-refractivity contribution in [2.75, 3.05) is 6.54 Å². The van der Waals surface area contributed by atoms with E-state index in [4.69, 9.17) is 38.4 Å². The molecule has 0 amide bonds. The minimum absolute atomic E-state index is 0.0000796. The number of nitrogens with zero attached hydrogens (tertiary/aromatic N) is 3. The minimum atomic E-state index is -4.08. The van der Waals surface area contributed by atoms with Crippen molar-refractivity contribution in [2.45, 2.75) is 41.4 Å². The SMILES string of the molecule is NS(=O)(=O)[C@H]1CC[C@H](/N=C(\NS(=O)(=O)c2ccc(Cl)cc2)N2C[C@@H](c3ccccc3)C(c3ccc(Cl)cc3)=N2)C1. The molecule has 2 aliphatic rings. The maximum atomic E-state index is 13.4. The van der Waals surface area contributed by atoms with Crippen LogP contribution in [0, 0.1) is 0 Å². The molecule has 0 spiro atoms. The van der Waals surface area contributed by atoms with E-state index in [1.807, 2.05) is 42.5 Å². The van der Waals surface area contributed by atoms with Crippen LogP contribution in [0.25, 0.3) is 0 Å². The molecule has 0 bridgehead atoms. The van der Waals surface area contributed by atoms with Crippen molar-refractivity contribution >= 4 is 54.9 Å². The van der Waals surface area contributed by atoms with Crippen LogP contribution in [0.4, 0.5) is 0 Å². The fourth-order valence-electron chi connectivity index (χ4n) is 4.91. The third-order valence-corrected chi connectivity index (χ3v) is 10.2. The molecule has 3 N–H and O–H groups in total. The number of hydrogen-bond acceptors (Lipinski definition) is 6. The highest BCUT2D eigenvalue weighted by Crippen LogP contribution is 2.31. The summed E-state index contributed by atoms with van der Waals surface area (Å²) in [6.07, 6.45) is 0.974. The molecule has 9 nitrogen and oxygen atoms in total. The Labute approximate surface area is 243 Å². The second-order valence-corrected chi connectivity index (χ2v) is 14.1. The van der Waals surface area contributed by atoms with Gasteiger partial charge in [-0.05, 0) is 66.8 Å². The summed E-state index contributed by atoms with van der Waals surface area (Å²) in [6.45, 7) is 0.301. The molecule has 3 aromatic rings. The molecule has 3 aromatic carbocycles. The first kappa shape index (κ1) is 28.6. The molecule has 1 fully saturated rings. The summed E-state index contributed by atoms with van der Waals surface area (Å²) in [5, 5.41) is 12.0. The average Bonchev–Trinajstić information content (AvgIpc) is 3.57. The van der Waals surface area contributed by atoms with Crippen LogP contribution >= 0.6 is 23.2 Å². The number of nitrogens with one attached hydrogen (secondary N) is 1. The van der Waals surface area contributed by atoms with E-state index in [2.05, 4.69) is 4.72 Å². The topological polar surface area (TPSA) is 134 Å². The van der Waals surface area contributed by atoms with Gasteiger partial charge in [-0.3, -0.25) is 0 Å². The van der Waals surface area contributed by atoms with E-state index < -0.39 is 31.3 Å². The van der Waals surface area contributed by atoms with Crippen LogP contribution in [0.3, 0.4) is 0 Å². The van der Waals surface area contributed by atoms with Crippen LogP contribution in [-0.4, -0.2) is 51.4 Å². The molecule has 1 aliphatic heterocycles. The van der Waals surface area contributed by atoms with Gasteiger partial charge in [-0.25, -0.2) is 36.7 Å². The normalized spacial score (nSPS) is 21.9. The lowest BCUT2D eigenvalue weighted by atomic mass is 9.91. The fraction of sp³-hybridized carbons (Fsp3) is 0.259. The Morgan fingerprint density at radius 3 is 2.12 bits per heavy atom. The molecule has 1 saturated carbocycles. The summed E-state index contributed by atoms with van der Waals surface area (Å²) in [7, 11) is -7.82.